The Hall–Kier alpha value is -3.02. The number of aryl methyl sites for hydroxylation is 1. The third-order valence-corrected chi connectivity index (χ3v) is 3.87. The van der Waals surface area contributed by atoms with Crippen LogP contribution in [0, 0.1) is 6.92 Å². The molecule has 0 saturated carbocycles. The number of carbonyl (C=O) groups is 3. The van der Waals surface area contributed by atoms with Crippen LogP contribution >= 0.6 is 0 Å². The van der Waals surface area contributed by atoms with Crippen molar-refractivity contribution in [3.05, 3.63) is 65.5 Å². The number of hydrogen-bond acceptors (Lipinski definition) is 4. The van der Waals surface area contributed by atoms with Crippen LogP contribution in [0.25, 0.3) is 0 Å². The fourth-order valence-electron chi connectivity index (χ4n) is 2.30. The first kappa shape index (κ1) is 19.3. The molecule has 2 aromatic rings. The fraction of sp³-hybridized carbons (Fsp3) is 0.300. The molecule has 0 radical (unpaired) electrons. The Morgan fingerprint density at radius 2 is 1.50 bits per heavy atom. The van der Waals surface area contributed by atoms with Gasteiger partial charge >= 0.3 is 0 Å². The number of nitrogens with one attached hydrogen (secondary N) is 2. The third kappa shape index (κ3) is 6.84. The third-order valence-electron chi connectivity index (χ3n) is 3.87. The lowest BCUT2D eigenvalue weighted by atomic mass is 10.1. The van der Waals surface area contributed by atoms with Gasteiger partial charge in [0.2, 0.25) is 11.8 Å². The van der Waals surface area contributed by atoms with E-state index >= 15 is 0 Å². The lowest BCUT2D eigenvalue weighted by molar-refractivity contribution is -0.122. The molecule has 0 fully saturated rings. The Kier molecular flexibility index (Phi) is 7.49. The highest BCUT2D eigenvalue weighted by molar-refractivity contribution is 5.98. The fourth-order valence-corrected chi connectivity index (χ4v) is 2.30. The van der Waals surface area contributed by atoms with E-state index in [0.717, 1.165) is 11.1 Å². The molecular formula is C20H23N3O3. The number of amides is 2. The van der Waals surface area contributed by atoms with Crippen LogP contribution in [0.2, 0.25) is 0 Å². The number of rotatable bonds is 9. The average Bonchev–Trinajstić information content (AvgIpc) is 2.66. The second-order valence-electron chi connectivity index (χ2n) is 6.02. The van der Waals surface area contributed by atoms with Crippen molar-refractivity contribution in [3.8, 4) is 0 Å². The number of ketones is 1. The summed E-state index contributed by atoms with van der Waals surface area (Å²) in [6.45, 7) is 2.63. The van der Waals surface area contributed by atoms with E-state index in [-0.39, 0.29) is 43.4 Å². The number of carbonyl (C=O) groups excluding carboxylic acids is 3. The molecular weight excluding hydrogens is 330 g/mol. The highest BCUT2D eigenvalue weighted by Gasteiger charge is 2.09. The Balaban J connectivity index is 1.60. The zero-order valence-corrected chi connectivity index (χ0v) is 14.8. The van der Waals surface area contributed by atoms with Gasteiger partial charge in [-0.05, 0) is 24.6 Å². The van der Waals surface area contributed by atoms with Gasteiger partial charge in [0, 0.05) is 50.3 Å². The first-order valence-electron chi connectivity index (χ1n) is 8.57. The van der Waals surface area contributed by atoms with Crippen LogP contribution in [0.15, 0.2) is 48.8 Å². The molecule has 0 aliphatic heterocycles. The molecule has 2 rings (SSSR count). The van der Waals surface area contributed by atoms with E-state index in [1.807, 2.05) is 31.2 Å². The van der Waals surface area contributed by atoms with Gasteiger partial charge in [0.1, 0.15) is 0 Å². The molecule has 136 valence electrons. The number of pyridine rings is 1. The summed E-state index contributed by atoms with van der Waals surface area (Å²) in [6.07, 6.45) is 3.80. The summed E-state index contributed by atoms with van der Waals surface area (Å²) >= 11 is 0. The topological polar surface area (TPSA) is 88.2 Å². The standard InChI is InChI=1S/C20H23N3O3/c1-15-2-4-17(5-3-15)18(24)6-7-19(25)22-13-10-20(26)23-14-16-8-11-21-12-9-16/h2-5,8-9,11-12H,6-7,10,13-14H2,1H3,(H,22,25)(H,23,26). The Morgan fingerprint density at radius 3 is 2.19 bits per heavy atom. The molecule has 0 atom stereocenters. The van der Waals surface area contributed by atoms with Crippen LogP contribution in [-0.4, -0.2) is 29.1 Å². The molecule has 0 unspecified atom stereocenters. The highest BCUT2D eigenvalue weighted by Crippen LogP contribution is 2.07. The van der Waals surface area contributed by atoms with Crippen molar-refractivity contribution in [3.63, 3.8) is 0 Å². The maximum absolute atomic E-state index is 12.0. The number of hydrogen-bond donors (Lipinski definition) is 2. The molecule has 0 saturated heterocycles. The summed E-state index contributed by atoms with van der Waals surface area (Å²) < 4.78 is 0. The van der Waals surface area contributed by atoms with Crippen molar-refractivity contribution >= 4 is 17.6 Å². The van der Waals surface area contributed by atoms with Gasteiger partial charge in [-0.2, -0.15) is 0 Å². The van der Waals surface area contributed by atoms with E-state index in [9.17, 15) is 14.4 Å². The van der Waals surface area contributed by atoms with Gasteiger partial charge < -0.3 is 10.6 Å². The van der Waals surface area contributed by atoms with Gasteiger partial charge in [0.25, 0.3) is 0 Å². The molecule has 2 N–H and O–H groups in total. The van der Waals surface area contributed by atoms with Gasteiger partial charge in [-0.1, -0.05) is 29.8 Å². The summed E-state index contributed by atoms with van der Waals surface area (Å²) in [4.78, 5) is 39.5. The van der Waals surface area contributed by atoms with Gasteiger partial charge in [-0.3, -0.25) is 19.4 Å². The van der Waals surface area contributed by atoms with Crippen LogP contribution in [-0.2, 0) is 16.1 Å². The smallest absolute Gasteiger partial charge is 0.222 e. The normalized spacial score (nSPS) is 10.2. The van der Waals surface area contributed by atoms with Crippen LogP contribution < -0.4 is 10.6 Å². The van der Waals surface area contributed by atoms with Gasteiger partial charge in [-0.25, -0.2) is 0 Å². The molecule has 0 aliphatic carbocycles. The van der Waals surface area contributed by atoms with Crippen molar-refractivity contribution in [2.24, 2.45) is 0 Å². The molecule has 6 nitrogen and oxygen atoms in total. The van der Waals surface area contributed by atoms with Crippen molar-refractivity contribution in [2.75, 3.05) is 6.54 Å². The van der Waals surface area contributed by atoms with E-state index in [1.165, 1.54) is 0 Å². The van der Waals surface area contributed by atoms with E-state index in [0.29, 0.717) is 12.1 Å². The molecule has 1 heterocycles. The maximum Gasteiger partial charge on any atom is 0.222 e. The predicted octanol–water partition coefficient (Wildman–Crippen LogP) is 2.18. The van der Waals surface area contributed by atoms with Gasteiger partial charge in [-0.15, -0.1) is 0 Å². The second-order valence-corrected chi connectivity index (χ2v) is 6.02. The Morgan fingerprint density at radius 1 is 0.846 bits per heavy atom. The highest BCUT2D eigenvalue weighted by atomic mass is 16.2. The number of nitrogens with zero attached hydrogens (tertiary/aromatic N) is 1. The van der Waals surface area contributed by atoms with E-state index in [1.54, 1.807) is 24.5 Å². The monoisotopic (exact) mass is 353 g/mol. The number of benzene rings is 1. The van der Waals surface area contributed by atoms with Crippen molar-refractivity contribution < 1.29 is 14.4 Å². The minimum Gasteiger partial charge on any atom is -0.356 e. The van der Waals surface area contributed by atoms with E-state index < -0.39 is 0 Å². The lowest BCUT2D eigenvalue weighted by Gasteiger charge is -2.07. The van der Waals surface area contributed by atoms with Crippen LogP contribution in [0.3, 0.4) is 0 Å². The van der Waals surface area contributed by atoms with Crippen molar-refractivity contribution in [1.82, 2.24) is 15.6 Å². The number of aromatic nitrogens is 1. The first-order chi connectivity index (χ1) is 12.5. The number of Topliss-reactive ketones (excluding diaryl/α,β-unsaturated/α-hetero) is 1. The van der Waals surface area contributed by atoms with Crippen molar-refractivity contribution in [2.45, 2.75) is 32.7 Å². The van der Waals surface area contributed by atoms with E-state index in [4.69, 9.17) is 0 Å². The van der Waals surface area contributed by atoms with Gasteiger partial charge in [0.05, 0.1) is 0 Å². The molecule has 2 amide bonds. The maximum atomic E-state index is 12.0. The SMILES string of the molecule is Cc1ccc(C(=O)CCC(=O)NCCC(=O)NCc2ccncc2)cc1. The molecule has 1 aromatic carbocycles. The predicted molar refractivity (Wildman–Crippen MR) is 98.5 cm³/mol. The summed E-state index contributed by atoms with van der Waals surface area (Å²) in [6, 6.07) is 10.9. The van der Waals surface area contributed by atoms with Crippen LogP contribution in [0.4, 0.5) is 0 Å². The summed E-state index contributed by atoms with van der Waals surface area (Å²) in [5.74, 6) is -0.430. The Bertz CT molecular complexity index is 743. The minimum atomic E-state index is -0.229. The first-order valence-corrected chi connectivity index (χ1v) is 8.57. The molecule has 0 spiro atoms. The quantitative estimate of drug-likeness (QED) is 0.676. The minimum absolute atomic E-state index is 0.0600. The van der Waals surface area contributed by atoms with Crippen LogP contribution in [0.5, 0.6) is 0 Å². The zero-order valence-electron chi connectivity index (χ0n) is 14.8. The summed E-state index contributed by atoms with van der Waals surface area (Å²) in [7, 11) is 0. The molecule has 0 bridgehead atoms. The van der Waals surface area contributed by atoms with E-state index in [2.05, 4.69) is 15.6 Å². The summed E-state index contributed by atoms with van der Waals surface area (Å²) in [5, 5.41) is 5.44. The lowest BCUT2D eigenvalue weighted by Crippen LogP contribution is -2.30. The largest absolute Gasteiger partial charge is 0.356 e. The second kappa shape index (κ2) is 10.1. The summed E-state index contributed by atoms with van der Waals surface area (Å²) in [5.41, 5.74) is 2.66. The van der Waals surface area contributed by atoms with Gasteiger partial charge in [0.15, 0.2) is 5.78 Å². The van der Waals surface area contributed by atoms with Crippen molar-refractivity contribution in [1.29, 1.82) is 0 Å². The molecule has 0 aliphatic rings. The Labute approximate surface area is 153 Å². The molecule has 1 aromatic heterocycles. The molecule has 6 heteroatoms. The van der Waals surface area contributed by atoms with Crippen LogP contribution in [0.1, 0.15) is 40.7 Å². The average molecular weight is 353 g/mol. The molecule has 26 heavy (non-hydrogen) atoms. The zero-order chi connectivity index (χ0) is 18.8.